The van der Waals surface area contributed by atoms with Crippen LogP contribution >= 0.6 is 15.9 Å². The molecule has 0 radical (unpaired) electrons. The van der Waals surface area contributed by atoms with Crippen LogP contribution in [-0.2, 0) is 6.54 Å². The molecule has 6 heteroatoms. The summed E-state index contributed by atoms with van der Waals surface area (Å²) < 4.78 is 15.6. The number of hydrogen-bond donors (Lipinski definition) is 1. The van der Waals surface area contributed by atoms with Gasteiger partial charge in [0.1, 0.15) is 5.82 Å². The Hall–Kier alpha value is -1.27. The van der Waals surface area contributed by atoms with E-state index in [1.54, 1.807) is 10.9 Å². The molecule has 0 aliphatic rings. The minimum absolute atomic E-state index is 0.0991. The van der Waals surface area contributed by atoms with E-state index in [9.17, 15) is 4.39 Å². The van der Waals surface area contributed by atoms with Gasteiger partial charge in [-0.15, -0.1) is 5.10 Å². The molecule has 4 nitrogen and oxygen atoms in total. The third kappa shape index (κ3) is 3.14. The lowest BCUT2D eigenvalue weighted by Gasteiger charge is -2.03. The molecule has 1 aromatic heterocycles. The molecule has 0 aliphatic heterocycles. The van der Waals surface area contributed by atoms with Crippen LogP contribution in [0.15, 0.2) is 28.9 Å². The minimum atomic E-state index is -0.273. The molecule has 2 aromatic rings. The zero-order chi connectivity index (χ0) is 13.1. The molecule has 96 valence electrons. The normalized spacial score (nSPS) is 12.7. The fourth-order valence-corrected chi connectivity index (χ4v) is 2.17. The second-order valence-electron chi connectivity index (χ2n) is 4.13. The molecule has 0 spiro atoms. The maximum atomic E-state index is 13.2. The maximum absolute atomic E-state index is 13.2. The smallest absolute Gasteiger partial charge is 0.124 e. The van der Waals surface area contributed by atoms with Crippen molar-refractivity contribution < 1.29 is 4.39 Å². The number of nitrogens with zero attached hydrogens (tertiary/aromatic N) is 3. The Kier molecular flexibility index (Phi) is 4.08. The molecule has 18 heavy (non-hydrogen) atoms. The Bertz CT molecular complexity index is 520. The number of hydrogen-bond acceptors (Lipinski definition) is 3. The maximum Gasteiger partial charge on any atom is 0.124 e. The number of nitrogens with two attached hydrogens (primary N) is 1. The van der Waals surface area contributed by atoms with Crippen LogP contribution in [0.4, 0.5) is 4.39 Å². The fraction of sp³-hybridized carbons (Fsp3) is 0.333. The molecular weight excluding hydrogens is 299 g/mol. The van der Waals surface area contributed by atoms with Crippen LogP contribution < -0.4 is 5.73 Å². The summed E-state index contributed by atoms with van der Waals surface area (Å²) in [5.74, 6) is -0.273. The first-order valence-electron chi connectivity index (χ1n) is 5.69. The quantitative estimate of drug-likeness (QED) is 0.944. The zero-order valence-electron chi connectivity index (χ0n) is 9.98. The van der Waals surface area contributed by atoms with Crippen LogP contribution in [0.1, 0.15) is 30.6 Å². The first kappa shape index (κ1) is 13.2. The van der Waals surface area contributed by atoms with Crippen molar-refractivity contribution >= 4 is 15.9 Å². The van der Waals surface area contributed by atoms with E-state index in [-0.39, 0.29) is 11.9 Å². The number of rotatable bonds is 4. The average molecular weight is 313 g/mol. The SMILES string of the molecule is CCC(N)c1cn(Cc2cc(F)cc(Br)c2)nn1. The van der Waals surface area contributed by atoms with Crippen molar-refractivity contribution in [3.63, 3.8) is 0 Å². The van der Waals surface area contributed by atoms with Gasteiger partial charge in [-0.1, -0.05) is 28.1 Å². The molecule has 1 heterocycles. The predicted octanol–water partition coefficient (Wildman–Crippen LogP) is 2.64. The largest absolute Gasteiger partial charge is 0.323 e. The average Bonchev–Trinajstić information content (AvgIpc) is 2.75. The van der Waals surface area contributed by atoms with Crippen LogP contribution in [0.2, 0.25) is 0 Å². The third-order valence-electron chi connectivity index (χ3n) is 2.64. The van der Waals surface area contributed by atoms with Crippen molar-refractivity contribution in [3.05, 3.63) is 45.9 Å². The van der Waals surface area contributed by atoms with Crippen molar-refractivity contribution in [2.75, 3.05) is 0 Å². The molecule has 2 N–H and O–H groups in total. The Morgan fingerprint density at radius 1 is 1.44 bits per heavy atom. The van der Waals surface area contributed by atoms with E-state index in [0.29, 0.717) is 11.0 Å². The summed E-state index contributed by atoms with van der Waals surface area (Å²) in [5, 5.41) is 8.00. The van der Waals surface area contributed by atoms with Gasteiger partial charge in [-0.2, -0.15) is 0 Å². The molecule has 2 rings (SSSR count). The van der Waals surface area contributed by atoms with Gasteiger partial charge in [0.05, 0.1) is 24.5 Å². The van der Waals surface area contributed by atoms with Gasteiger partial charge in [-0.3, -0.25) is 0 Å². The van der Waals surface area contributed by atoms with E-state index in [1.807, 2.05) is 13.0 Å². The van der Waals surface area contributed by atoms with Crippen LogP contribution in [0.3, 0.4) is 0 Å². The summed E-state index contributed by atoms with van der Waals surface area (Å²) >= 11 is 3.26. The highest BCUT2D eigenvalue weighted by atomic mass is 79.9. The Balaban J connectivity index is 2.16. The predicted molar refractivity (Wildman–Crippen MR) is 70.4 cm³/mol. The number of halogens is 2. The van der Waals surface area contributed by atoms with Gasteiger partial charge in [0.25, 0.3) is 0 Å². The van der Waals surface area contributed by atoms with Crippen molar-refractivity contribution in [2.45, 2.75) is 25.9 Å². The minimum Gasteiger partial charge on any atom is -0.323 e. The molecule has 0 aliphatic carbocycles. The summed E-state index contributed by atoms with van der Waals surface area (Å²) in [7, 11) is 0. The lowest BCUT2D eigenvalue weighted by atomic mass is 10.2. The summed E-state index contributed by atoms with van der Waals surface area (Å²) in [5.41, 5.74) is 7.45. The first-order chi connectivity index (χ1) is 8.58. The van der Waals surface area contributed by atoms with E-state index in [2.05, 4.69) is 26.2 Å². The van der Waals surface area contributed by atoms with Gasteiger partial charge in [0.2, 0.25) is 0 Å². The fourth-order valence-electron chi connectivity index (χ4n) is 1.66. The highest BCUT2D eigenvalue weighted by molar-refractivity contribution is 9.10. The van der Waals surface area contributed by atoms with Crippen LogP contribution in [0.5, 0.6) is 0 Å². The zero-order valence-corrected chi connectivity index (χ0v) is 11.6. The van der Waals surface area contributed by atoms with Crippen molar-refractivity contribution in [1.29, 1.82) is 0 Å². The van der Waals surface area contributed by atoms with E-state index < -0.39 is 0 Å². The van der Waals surface area contributed by atoms with Gasteiger partial charge in [-0.05, 0) is 30.2 Å². The van der Waals surface area contributed by atoms with Gasteiger partial charge in [0, 0.05) is 4.47 Å². The molecule has 0 fully saturated rings. The Morgan fingerprint density at radius 2 is 2.22 bits per heavy atom. The summed E-state index contributed by atoms with van der Waals surface area (Å²) in [6.07, 6.45) is 2.61. The standard InChI is InChI=1S/C12H14BrFN4/c1-2-11(15)12-7-18(17-16-12)6-8-3-9(13)5-10(14)4-8/h3-5,7,11H,2,6,15H2,1H3. The topological polar surface area (TPSA) is 56.7 Å². The molecular formula is C12H14BrFN4. The summed E-state index contributed by atoms with van der Waals surface area (Å²) in [6.45, 7) is 2.47. The lowest BCUT2D eigenvalue weighted by Crippen LogP contribution is -2.08. The molecule has 1 unspecified atom stereocenters. The van der Waals surface area contributed by atoms with Crippen molar-refractivity contribution in [3.8, 4) is 0 Å². The molecule has 0 saturated heterocycles. The summed E-state index contributed by atoms with van der Waals surface area (Å²) in [6, 6.07) is 4.65. The van der Waals surface area contributed by atoms with Gasteiger partial charge >= 0.3 is 0 Å². The third-order valence-corrected chi connectivity index (χ3v) is 3.10. The van der Waals surface area contributed by atoms with Gasteiger partial charge in [0.15, 0.2) is 0 Å². The highest BCUT2D eigenvalue weighted by Gasteiger charge is 2.09. The number of benzene rings is 1. The van der Waals surface area contributed by atoms with Crippen molar-refractivity contribution in [1.82, 2.24) is 15.0 Å². The van der Waals surface area contributed by atoms with E-state index >= 15 is 0 Å². The van der Waals surface area contributed by atoms with E-state index in [1.165, 1.54) is 12.1 Å². The Labute approximate surface area is 113 Å². The molecule has 0 amide bonds. The number of aromatic nitrogens is 3. The van der Waals surface area contributed by atoms with E-state index in [4.69, 9.17) is 5.73 Å². The lowest BCUT2D eigenvalue weighted by molar-refractivity contribution is 0.613. The van der Waals surface area contributed by atoms with Gasteiger partial charge < -0.3 is 5.73 Å². The van der Waals surface area contributed by atoms with Crippen LogP contribution in [0, 0.1) is 5.82 Å². The van der Waals surface area contributed by atoms with Crippen molar-refractivity contribution in [2.24, 2.45) is 5.73 Å². The molecule has 1 aromatic carbocycles. The molecule has 0 saturated carbocycles. The van der Waals surface area contributed by atoms with E-state index in [0.717, 1.165) is 17.7 Å². The van der Waals surface area contributed by atoms with Crippen LogP contribution in [0.25, 0.3) is 0 Å². The Morgan fingerprint density at radius 3 is 2.89 bits per heavy atom. The first-order valence-corrected chi connectivity index (χ1v) is 6.48. The van der Waals surface area contributed by atoms with Crippen LogP contribution in [-0.4, -0.2) is 15.0 Å². The summed E-state index contributed by atoms with van der Waals surface area (Å²) in [4.78, 5) is 0. The monoisotopic (exact) mass is 312 g/mol. The van der Waals surface area contributed by atoms with Gasteiger partial charge in [-0.25, -0.2) is 9.07 Å². The molecule has 1 atom stereocenters. The molecule has 0 bridgehead atoms. The second kappa shape index (κ2) is 5.58. The second-order valence-corrected chi connectivity index (χ2v) is 5.05. The highest BCUT2D eigenvalue weighted by Crippen LogP contribution is 2.16.